The molecule has 7 nitrogen and oxygen atoms in total. The Kier molecular flexibility index (Phi) is 5.33. The second-order valence-corrected chi connectivity index (χ2v) is 6.63. The van der Waals surface area contributed by atoms with E-state index in [9.17, 15) is 4.79 Å². The Hall–Kier alpha value is -2.41. The van der Waals surface area contributed by atoms with Crippen molar-refractivity contribution >= 4 is 11.6 Å². The topological polar surface area (TPSA) is 68.4 Å². The lowest BCUT2D eigenvalue weighted by atomic mass is 10.1. The molecule has 1 N–H and O–H groups in total. The second kappa shape index (κ2) is 7.65. The van der Waals surface area contributed by atoms with Gasteiger partial charge in [-0.2, -0.15) is 5.10 Å². The predicted octanol–water partition coefficient (Wildman–Crippen LogP) is 1.39. The minimum atomic E-state index is -0.00721. The number of fused-ring (bicyclic) bond motifs is 1. The lowest BCUT2D eigenvalue weighted by Crippen LogP contribution is -2.37. The molecule has 0 radical (unpaired) electrons. The van der Waals surface area contributed by atoms with Gasteiger partial charge in [-0.15, -0.1) is 0 Å². The lowest BCUT2D eigenvalue weighted by Gasteiger charge is -2.29. The summed E-state index contributed by atoms with van der Waals surface area (Å²) < 4.78 is 0. The summed E-state index contributed by atoms with van der Waals surface area (Å²) in [6.45, 7) is 5.95. The van der Waals surface area contributed by atoms with Crippen molar-refractivity contribution in [2.45, 2.75) is 19.9 Å². The first-order chi connectivity index (χ1) is 12.1. The number of likely N-dealkylation sites (N-methyl/N-ethyl adjacent to an activating group) is 2. The smallest absolute Gasteiger partial charge is 0.272 e. The van der Waals surface area contributed by atoms with E-state index in [-0.39, 0.29) is 5.91 Å². The van der Waals surface area contributed by atoms with Crippen LogP contribution in [-0.4, -0.2) is 71.2 Å². The van der Waals surface area contributed by atoms with Crippen LogP contribution in [0.15, 0.2) is 24.5 Å². The van der Waals surface area contributed by atoms with Crippen LogP contribution < -0.4 is 4.90 Å². The van der Waals surface area contributed by atoms with E-state index >= 15 is 0 Å². The van der Waals surface area contributed by atoms with E-state index < -0.39 is 0 Å². The molecule has 0 saturated carbocycles. The number of anilines is 1. The molecule has 0 aliphatic carbocycles. The van der Waals surface area contributed by atoms with Gasteiger partial charge < -0.3 is 14.7 Å². The van der Waals surface area contributed by atoms with E-state index in [0.717, 1.165) is 31.7 Å². The first-order valence-corrected chi connectivity index (χ1v) is 8.74. The fourth-order valence-corrected chi connectivity index (χ4v) is 3.06. The normalized spacial score (nSPS) is 13.8. The molecule has 1 amide bonds. The molecule has 1 aliphatic heterocycles. The predicted molar refractivity (Wildman–Crippen MR) is 97.7 cm³/mol. The molecule has 0 atom stereocenters. The van der Waals surface area contributed by atoms with Crippen LogP contribution in [0.2, 0.25) is 0 Å². The molecule has 25 heavy (non-hydrogen) atoms. The first kappa shape index (κ1) is 17.4. The monoisotopic (exact) mass is 342 g/mol. The van der Waals surface area contributed by atoms with Crippen LogP contribution in [0.4, 0.5) is 5.69 Å². The van der Waals surface area contributed by atoms with Gasteiger partial charge in [0.05, 0.1) is 6.20 Å². The van der Waals surface area contributed by atoms with Gasteiger partial charge in [0.1, 0.15) is 5.69 Å². The van der Waals surface area contributed by atoms with Gasteiger partial charge >= 0.3 is 0 Å². The van der Waals surface area contributed by atoms with E-state index in [1.54, 1.807) is 6.20 Å². The molecule has 2 aromatic heterocycles. The average molecular weight is 342 g/mol. The molecule has 134 valence electrons. The zero-order valence-corrected chi connectivity index (χ0v) is 15.2. The zero-order chi connectivity index (χ0) is 17.8. The van der Waals surface area contributed by atoms with Crippen LogP contribution in [0.5, 0.6) is 0 Å². The van der Waals surface area contributed by atoms with Crippen molar-refractivity contribution < 1.29 is 4.79 Å². The van der Waals surface area contributed by atoms with Gasteiger partial charge in [-0.3, -0.25) is 14.9 Å². The molecule has 0 unspecified atom stereocenters. The van der Waals surface area contributed by atoms with E-state index in [0.29, 0.717) is 18.8 Å². The van der Waals surface area contributed by atoms with Gasteiger partial charge in [-0.05, 0) is 33.2 Å². The Morgan fingerprint density at radius 1 is 1.36 bits per heavy atom. The highest BCUT2D eigenvalue weighted by Gasteiger charge is 2.21. The number of nitrogens with one attached hydrogen (secondary N) is 1. The Morgan fingerprint density at radius 3 is 2.96 bits per heavy atom. The molecular formula is C18H26N6O. The maximum absolute atomic E-state index is 12.8. The molecule has 3 rings (SSSR count). The number of hydrogen-bond acceptors (Lipinski definition) is 5. The SMILES string of the molecule is CCN(CCN(C)C)C(=O)c1cc(N2CCc3[nH]ncc3C2)ccn1. The lowest BCUT2D eigenvalue weighted by molar-refractivity contribution is 0.0748. The van der Waals surface area contributed by atoms with E-state index in [4.69, 9.17) is 0 Å². The number of carbonyl (C=O) groups is 1. The number of carbonyl (C=O) groups excluding carboxylic acids is 1. The van der Waals surface area contributed by atoms with Crippen molar-refractivity contribution in [2.24, 2.45) is 0 Å². The summed E-state index contributed by atoms with van der Waals surface area (Å²) in [4.78, 5) is 23.3. The molecule has 0 fully saturated rings. The Bertz CT molecular complexity index is 726. The third-order valence-corrected chi connectivity index (χ3v) is 4.61. The van der Waals surface area contributed by atoms with Crippen LogP contribution in [0, 0.1) is 0 Å². The zero-order valence-electron chi connectivity index (χ0n) is 15.2. The molecule has 0 aromatic carbocycles. The highest BCUT2D eigenvalue weighted by Crippen LogP contribution is 2.23. The van der Waals surface area contributed by atoms with Crippen LogP contribution in [0.1, 0.15) is 28.7 Å². The molecule has 0 saturated heterocycles. The van der Waals surface area contributed by atoms with Crippen LogP contribution in [0.25, 0.3) is 0 Å². The maximum Gasteiger partial charge on any atom is 0.272 e. The number of amides is 1. The van der Waals surface area contributed by atoms with Crippen LogP contribution >= 0.6 is 0 Å². The molecule has 0 spiro atoms. The van der Waals surface area contributed by atoms with E-state index in [1.165, 1.54) is 11.3 Å². The molecule has 1 aliphatic rings. The van der Waals surface area contributed by atoms with Crippen LogP contribution in [-0.2, 0) is 13.0 Å². The molecule has 7 heteroatoms. The number of aromatic nitrogens is 3. The fourth-order valence-electron chi connectivity index (χ4n) is 3.06. The number of nitrogens with zero attached hydrogens (tertiary/aromatic N) is 5. The highest BCUT2D eigenvalue weighted by molar-refractivity contribution is 5.93. The van der Waals surface area contributed by atoms with Gasteiger partial charge in [0.25, 0.3) is 5.91 Å². The molecular weight excluding hydrogens is 316 g/mol. The fraction of sp³-hybridized carbons (Fsp3) is 0.500. The highest BCUT2D eigenvalue weighted by atomic mass is 16.2. The molecule has 3 heterocycles. The van der Waals surface area contributed by atoms with Crippen molar-refractivity contribution in [3.05, 3.63) is 41.5 Å². The first-order valence-electron chi connectivity index (χ1n) is 8.74. The summed E-state index contributed by atoms with van der Waals surface area (Å²) >= 11 is 0. The number of pyridine rings is 1. The van der Waals surface area contributed by atoms with Crippen molar-refractivity contribution in [3.8, 4) is 0 Å². The van der Waals surface area contributed by atoms with Crippen molar-refractivity contribution in [1.82, 2.24) is 25.0 Å². The van der Waals surface area contributed by atoms with Gasteiger partial charge in [-0.25, -0.2) is 0 Å². The Morgan fingerprint density at radius 2 is 2.20 bits per heavy atom. The largest absolute Gasteiger partial charge is 0.367 e. The number of rotatable bonds is 6. The summed E-state index contributed by atoms with van der Waals surface area (Å²) in [6, 6.07) is 3.88. The quantitative estimate of drug-likeness (QED) is 0.859. The third-order valence-electron chi connectivity index (χ3n) is 4.61. The Balaban J connectivity index is 1.74. The summed E-state index contributed by atoms with van der Waals surface area (Å²) in [5.41, 5.74) is 3.98. The van der Waals surface area contributed by atoms with Gasteiger partial charge in [0.15, 0.2) is 0 Å². The average Bonchev–Trinajstić information content (AvgIpc) is 3.09. The van der Waals surface area contributed by atoms with Gasteiger partial charge in [-0.1, -0.05) is 0 Å². The summed E-state index contributed by atoms with van der Waals surface area (Å²) in [6.07, 6.45) is 4.55. The van der Waals surface area contributed by atoms with Crippen molar-refractivity contribution in [3.63, 3.8) is 0 Å². The number of aromatic amines is 1. The summed E-state index contributed by atoms with van der Waals surface area (Å²) in [7, 11) is 4.02. The standard InChI is InChI=1S/C18H26N6O/c1-4-23(10-9-22(2)3)18(25)17-11-15(5-7-19-17)24-8-6-16-14(13-24)12-20-21-16/h5,7,11-12H,4,6,8-10,13H2,1-3H3,(H,20,21). The van der Waals surface area contributed by atoms with Crippen LogP contribution in [0.3, 0.4) is 0 Å². The minimum Gasteiger partial charge on any atom is -0.367 e. The minimum absolute atomic E-state index is 0.00721. The van der Waals surface area contributed by atoms with Gasteiger partial charge in [0, 0.05) is 62.3 Å². The summed E-state index contributed by atoms with van der Waals surface area (Å²) in [5, 5.41) is 7.17. The Labute approximate surface area is 148 Å². The second-order valence-electron chi connectivity index (χ2n) is 6.63. The van der Waals surface area contributed by atoms with E-state index in [2.05, 4.69) is 25.0 Å². The van der Waals surface area contributed by atoms with E-state index in [1.807, 2.05) is 44.2 Å². The number of hydrogen-bond donors (Lipinski definition) is 1. The maximum atomic E-state index is 12.8. The molecule has 0 bridgehead atoms. The summed E-state index contributed by atoms with van der Waals surface area (Å²) in [5.74, 6) is -0.00721. The van der Waals surface area contributed by atoms with Gasteiger partial charge in [0.2, 0.25) is 0 Å². The third kappa shape index (κ3) is 3.99. The molecule has 2 aromatic rings. The van der Waals surface area contributed by atoms with Crippen molar-refractivity contribution in [2.75, 3.05) is 45.2 Å². The van der Waals surface area contributed by atoms with Crippen molar-refractivity contribution in [1.29, 1.82) is 0 Å². The number of H-pyrrole nitrogens is 1.